The molecule has 100 valence electrons. The van der Waals surface area contributed by atoms with Crippen LogP contribution >= 0.6 is 11.6 Å². The van der Waals surface area contributed by atoms with Crippen molar-refractivity contribution in [3.8, 4) is 0 Å². The topological polar surface area (TPSA) is 38.1 Å². The molecule has 1 aliphatic rings. The summed E-state index contributed by atoms with van der Waals surface area (Å²) < 4.78 is 1.71. The van der Waals surface area contributed by atoms with Crippen molar-refractivity contribution in [3.05, 3.63) is 16.4 Å². The van der Waals surface area contributed by atoms with Crippen LogP contribution in [0.5, 0.6) is 0 Å². The van der Waals surface area contributed by atoms with Crippen molar-refractivity contribution < 1.29 is 4.79 Å². The molecule has 1 atom stereocenters. The minimum absolute atomic E-state index is 0.142. The summed E-state index contributed by atoms with van der Waals surface area (Å²) in [7, 11) is 0. The van der Waals surface area contributed by atoms with Crippen LogP contribution < -0.4 is 0 Å². The van der Waals surface area contributed by atoms with Crippen LogP contribution in [0.3, 0.4) is 0 Å². The molecule has 0 aliphatic carbocycles. The molecule has 1 aromatic rings. The van der Waals surface area contributed by atoms with E-state index in [9.17, 15) is 4.79 Å². The normalized spacial score (nSPS) is 20.2. The van der Waals surface area contributed by atoms with E-state index >= 15 is 0 Å². The fraction of sp³-hybridized carbons (Fsp3) is 0.692. The summed E-state index contributed by atoms with van der Waals surface area (Å²) >= 11 is 6.08. The second-order valence-corrected chi connectivity index (χ2v) is 5.61. The van der Waals surface area contributed by atoms with Gasteiger partial charge in [0.15, 0.2) is 0 Å². The molecular weight excluding hydrogens is 250 g/mol. The van der Waals surface area contributed by atoms with Gasteiger partial charge in [-0.25, -0.2) is 0 Å². The lowest BCUT2D eigenvalue weighted by molar-refractivity contribution is -0.133. The van der Waals surface area contributed by atoms with Crippen molar-refractivity contribution >= 4 is 17.5 Å². The molecule has 2 rings (SSSR count). The molecule has 0 N–H and O–H groups in total. The Morgan fingerprint density at radius 1 is 1.50 bits per heavy atom. The molecule has 18 heavy (non-hydrogen) atoms. The van der Waals surface area contributed by atoms with Gasteiger partial charge < -0.3 is 4.90 Å². The Morgan fingerprint density at radius 3 is 2.78 bits per heavy atom. The molecule has 0 spiro atoms. The van der Waals surface area contributed by atoms with Crippen LogP contribution in [-0.4, -0.2) is 33.7 Å². The van der Waals surface area contributed by atoms with Gasteiger partial charge in [-0.2, -0.15) is 5.10 Å². The number of piperidine rings is 1. The van der Waals surface area contributed by atoms with Crippen molar-refractivity contribution in [2.24, 2.45) is 5.92 Å². The standard InChI is InChI=1S/C13H20ClN3O/c1-9-5-4-6-16(7-9)12(18)8-17-11(3)13(14)10(2)15-17/h9H,4-8H2,1-3H3/t9-/m1/s1. The zero-order chi connectivity index (χ0) is 13.3. The van der Waals surface area contributed by atoms with E-state index in [2.05, 4.69) is 12.0 Å². The Hall–Kier alpha value is -1.03. The van der Waals surface area contributed by atoms with Crippen LogP contribution in [0.4, 0.5) is 0 Å². The van der Waals surface area contributed by atoms with Gasteiger partial charge >= 0.3 is 0 Å². The van der Waals surface area contributed by atoms with Crippen LogP contribution in [0.2, 0.25) is 5.02 Å². The summed E-state index contributed by atoms with van der Waals surface area (Å²) in [5, 5.41) is 4.96. The van der Waals surface area contributed by atoms with Crippen molar-refractivity contribution in [3.63, 3.8) is 0 Å². The number of carbonyl (C=O) groups is 1. The highest BCUT2D eigenvalue weighted by Gasteiger charge is 2.22. The Morgan fingerprint density at radius 2 is 2.22 bits per heavy atom. The third-order valence-corrected chi connectivity index (χ3v) is 4.13. The van der Waals surface area contributed by atoms with Crippen molar-refractivity contribution in [2.75, 3.05) is 13.1 Å². The quantitative estimate of drug-likeness (QED) is 0.827. The molecule has 0 radical (unpaired) electrons. The van der Waals surface area contributed by atoms with Crippen LogP contribution in [0.25, 0.3) is 0 Å². The molecule has 1 aliphatic heterocycles. The van der Waals surface area contributed by atoms with E-state index in [4.69, 9.17) is 11.6 Å². The smallest absolute Gasteiger partial charge is 0.244 e. The molecule has 0 saturated carbocycles. The molecule has 0 unspecified atom stereocenters. The number of hydrogen-bond donors (Lipinski definition) is 0. The summed E-state index contributed by atoms with van der Waals surface area (Å²) in [5.41, 5.74) is 1.65. The largest absolute Gasteiger partial charge is 0.341 e. The fourth-order valence-corrected chi connectivity index (χ4v) is 2.61. The highest BCUT2D eigenvalue weighted by atomic mass is 35.5. The lowest BCUT2D eigenvalue weighted by Crippen LogP contribution is -2.41. The van der Waals surface area contributed by atoms with Crippen LogP contribution in [-0.2, 0) is 11.3 Å². The fourth-order valence-electron chi connectivity index (χ4n) is 2.47. The number of aromatic nitrogens is 2. The predicted molar refractivity (Wildman–Crippen MR) is 71.7 cm³/mol. The monoisotopic (exact) mass is 269 g/mol. The van der Waals surface area contributed by atoms with E-state index in [-0.39, 0.29) is 5.91 Å². The summed E-state index contributed by atoms with van der Waals surface area (Å²) in [4.78, 5) is 14.2. The number of aryl methyl sites for hydroxylation is 1. The first-order valence-corrected chi connectivity index (χ1v) is 6.84. The molecule has 5 heteroatoms. The summed E-state index contributed by atoms with van der Waals surface area (Å²) in [5.74, 6) is 0.746. The Balaban J connectivity index is 2.04. The van der Waals surface area contributed by atoms with Crippen molar-refractivity contribution in [1.29, 1.82) is 0 Å². The van der Waals surface area contributed by atoms with Gasteiger partial charge in [-0.15, -0.1) is 0 Å². The zero-order valence-electron chi connectivity index (χ0n) is 11.2. The number of halogens is 1. The van der Waals surface area contributed by atoms with Gasteiger partial charge in [0.25, 0.3) is 0 Å². The van der Waals surface area contributed by atoms with E-state index in [1.54, 1.807) is 4.68 Å². The van der Waals surface area contributed by atoms with Crippen LogP contribution in [0, 0.1) is 19.8 Å². The Labute approximate surface area is 113 Å². The lowest BCUT2D eigenvalue weighted by atomic mass is 10.0. The third-order valence-electron chi connectivity index (χ3n) is 3.59. The second kappa shape index (κ2) is 5.31. The average molecular weight is 270 g/mol. The first-order valence-electron chi connectivity index (χ1n) is 6.46. The van der Waals surface area contributed by atoms with Crippen LogP contribution in [0.15, 0.2) is 0 Å². The van der Waals surface area contributed by atoms with Gasteiger partial charge in [-0.1, -0.05) is 18.5 Å². The number of likely N-dealkylation sites (tertiary alicyclic amines) is 1. The SMILES string of the molecule is Cc1nn(CC(=O)N2CCC[C@@H](C)C2)c(C)c1Cl. The molecule has 1 aromatic heterocycles. The summed E-state index contributed by atoms with van der Waals surface area (Å²) in [6, 6.07) is 0. The van der Waals surface area contributed by atoms with Gasteiger partial charge in [-0.05, 0) is 32.6 Å². The number of carbonyl (C=O) groups excluding carboxylic acids is 1. The predicted octanol–water partition coefficient (Wildman–Crippen LogP) is 2.41. The molecule has 1 amide bonds. The average Bonchev–Trinajstić information content (AvgIpc) is 2.57. The Bertz CT molecular complexity index is 455. The minimum Gasteiger partial charge on any atom is -0.341 e. The van der Waals surface area contributed by atoms with E-state index < -0.39 is 0 Å². The van der Waals surface area contributed by atoms with Crippen molar-refractivity contribution in [1.82, 2.24) is 14.7 Å². The van der Waals surface area contributed by atoms with Gasteiger partial charge in [0.2, 0.25) is 5.91 Å². The minimum atomic E-state index is 0.142. The summed E-state index contributed by atoms with van der Waals surface area (Å²) in [6.45, 7) is 7.99. The Kier molecular flexibility index (Phi) is 3.95. The van der Waals surface area contributed by atoms with Gasteiger partial charge in [0, 0.05) is 13.1 Å². The van der Waals surface area contributed by atoms with E-state index in [0.717, 1.165) is 30.9 Å². The lowest BCUT2D eigenvalue weighted by Gasteiger charge is -2.31. The van der Waals surface area contributed by atoms with Gasteiger partial charge in [0.05, 0.1) is 16.4 Å². The second-order valence-electron chi connectivity index (χ2n) is 5.23. The number of amides is 1. The van der Waals surface area contributed by atoms with Crippen molar-refractivity contribution in [2.45, 2.75) is 40.2 Å². The molecule has 1 fully saturated rings. The number of nitrogens with zero attached hydrogens (tertiary/aromatic N) is 3. The van der Waals surface area contributed by atoms with Gasteiger partial charge in [0.1, 0.15) is 6.54 Å². The van der Waals surface area contributed by atoms with Crippen LogP contribution in [0.1, 0.15) is 31.2 Å². The number of rotatable bonds is 2. The maximum Gasteiger partial charge on any atom is 0.244 e. The molecule has 0 aromatic carbocycles. The van der Waals surface area contributed by atoms with E-state index in [1.165, 1.54) is 6.42 Å². The first kappa shape index (κ1) is 13.4. The first-order chi connectivity index (χ1) is 8.49. The molecule has 1 saturated heterocycles. The van der Waals surface area contributed by atoms with Gasteiger partial charge in [-0.3, -0.25) is 9.48 Å². The summed E-state index contributed by atoms with van der Waals surface area (Å²) in [6.07, 6.45) is 2.32. The molecular formula is C13H20ClN3O. The highest BCUT2D eigenvalue weighted by Crippen LogP contribution is 2.20. The molecule has 0 bridgehead atoms. The maximum absolute atomic E-state index is 12.2. The maximum atomic E-state index is 12.2. The zero-order valence-corrected chi connectivity index (χ0v) is 12.0. The third kappa shape index (κ3) is 2.69. The molecule has 4 nitrogen and oxygen atoms in total. The highest BCUT2D eigenvalue weighted by molar-refractivity contribution is 6.31. The van der Waals surface area contributed by atoms with E-state index in [1.807, 2.05) is 18.7 Å². The van der Waals surface area contributed by atoms with E-state index in [0.29, 0.717) is 17.5 Å². The molecule has 2 heterocycles. The number of hydrogen-bond acceptors (Lipinski definition) is 2.